The first-order chi connectivity index (χ1) is 13.4. The van der Waals surface area contributed by atoms with Gasteiger partial charge < -0.3 is 14.8 Å². The Morgan fingerprint density at radius 1 is 1.32 bits per heavy atom. The summed E-state index contributed by atoms with van der Waals surface area (Å²) in [6.45, 7) is 4.33. The first kappa shape index (κ1) is 20.1. The molecule has 28 heavy (non-hydrogen) atoms. The topological polar surface area (TPSA) is 71.3 Å². The van der Waals surface area contributed by atoms with Crippen LogP contribution in [0.5, 0.6) is 11.5 Å². The molecule has 144 valence electrons. The molecular weight excluding hydrogens is 399 g/mol. The summed E-state index contributed by atoms with van der Waals surface area (Å²) in [4.78, 5) is 12.6. The maximum absolute atomic E-state index is 12.6. The number of halogens is 2. The summed E-state index contributed by atoms with van der Waals surface area (Å²) in [5.41, 5.74) is 1.97. The van der Waals surface area contributed by atoms with Gasteiger partial charge in [-0.2, -0.15) is 5.26 Å². The number of rotatable bonds is 5. The average molecular weight is 417 g/mol. The highest BCUT2D eigenvalue weighted by molar-refractivity contribution is 6.35. The fraction of sp³-hybridized carbons (Fsp3) is 0.238. The summed E-state index contributed by atoms with van der Waals surface area (Å²) in [6, 6.07) is 10.3. The van der Waals surface area contributed by atoms with E-state index in [1.165, 1.54) is 6.08 Å². The minimum Gasteiger partial charge on any atom is -0.493 e. The lowest BCUT2D eigenvalue weighted by Crippen LogP contribution is -2.13. The number of nitrogens with zero attached hydrogens (tertiary/aromatic N) is 1. The van der Waals surface area contributed by atoms with Crippen molar-refractivity contribution >= 4 is 40.9 Å². The van der Waals surface area contributed by atoms with E-state index >= 15 is 0 Å². The first-order valence-electron chi connectivity index (χ1n) is 8.75. The van der Waals surface area contributed by atoms with Gasteiger partial charge >= 0.3 is 0 Å². The summed E-state index contributed by atoms with van der Waals surface area (Å²) in [6.07, 6.45) is 2.36. The van der Waals surface area contributed by atoms with Gasteiger partial charge in [0.2, 0.25) is 0 Å². The summed E-state index contributed by atoms with van der Waals surface area (Å²) in [7, 11) is 0. The molecule has 0 spiro atoms. The number of carbonyl (C=O) groups excluding carboxylic acids is 1. The quantitative estimate of drug-likeness (QED) is 0.532. The van der Waals surface area contributed by atoms with Crippen molar-refractivity contribution in [3.05, 3.63) is 57.1 Å². The van der Waals surface area contributed by atoms with Crippen molar-refractivity contribution in [1.29, 1.82) is 5.26 Å². The van der Waals surface area contributed by atoms with Gasteiger partial charge in [0, 0.05) is 33.3 Å². The van der Waals surface area contributed by atoms with Crippen LogP contribution in [0.25, 0.3) is 6.08 Å². The molecule has 0 saturated heterocycles. The number of nitrogens with one attached hydrogen (secondary N) is 1. The third kappa shape index (κ3) is 4.59. The highest BCUT2D eigenvalue weighted by Gasteiger charge is 2.22. The summed E-state index contributed by atoms with van der Waals surface area (Å²) in [5, 5.41) is 12.9. The van der Waals surface area contributed by atoms with Crippen molar-refractivity contribution in [1.82, 2.24) is 0 Å². The lowest BCUT2D eigenvalue weighted by atomic mass is 10.0. The van der Waals surface area contributed by atoms with Gasteiger partial charge in [-0.1, -0.05) is 23.2 Å². The molecule has 1 N–H and O–H groups in total. The largest absolute Gasteiger partial charge is 0.493 e. The van der Waals surface area contributed by atoms with Gasteiger partial charge in [-0.25, -0.2) is 0 Å². The maximum atomic E-state index is 12.6. The molecule has 0 radical (unpaired) electrons. The smallest absolute Gasteiger partial charge is 0.266 e. The molecule has 0 fully saturated rings. The minimum atomic E-state index is -0.571. The van der Waals surface area contributed by atoms with Gasteiger partial charge in [0.1, 0.15) is 29.2 Å². The van der Waals surface area contributed by atoms with Crippen molar-refractivity contribution < 1.29 is 14.3 Å². The van der Waals surface area contributed by atoms with Gasteiger partial charge in [-0.05, 0) is 50.3 Å². The van der Waals surface area contributed by atoms with E-state index in [-0.39, 0.29) is 11.7 Å². The monoisotopic (exact) mass is 416 g/mol. The van der Waals surface area contributed by atoms with E-state index in [4.69, 9.17) is 32.7 Å². The van der Waals surface area contributed by atoms with Crippen LogP contribution in [-0.2, 0) is 11.2 Å². The van der Waals surface area contributed by atoms with Crippen molar-refractivity contribution in [2.75, 3.05) is 11.9 Å². The van der Waals surface area contributed by atoms with Crippen molar-refractivity contribution in [3.63, 3.8) is 0 Å². The predicted molar refractivity (Wildman–Crippen MR) is 110 cm³/mol. The van der Waals surface area contributed by atoms with Gasteiger partial charge in [0.15, 0.2) is 0 Å². The van der Waals surface area contributed by atoms with Crippen LogP contribution in [0.15, 0.2) is 35.9 Å². The molecule has 1 aliphatic heterocycles. The lowest BCUT2D eigenvalue weighted by Gasteiger charge is -2.11. The molecule has 3 rings (SSSR count). The zero-order valence-electron chi connectivity index (χ0n) is 15.4. The molecule has 1 atom stereocenters. The maximum Gasteiger partial charge on any atom is 0.266 e. The first-order valence-corrected chi connectivity index (χ1v) is 9.50. The molecule has 2 aromatic rings. The van der Waals surface area contributed by atoms with Gasteiger partial charge in [0.05, 0.1) is 6.61 Å². The van der Waals surface area contributed by atoms with Crippen LogP contribution in [0.3, 0.4) is 0 Å². The zero-order chi connectivity index (χ0) is 20.3. The molecule has 0 aromatic heterocycles. The van der Waals surface area contributed by atoms with Crippen LogP contribution in [-0.4, -0.2) is 18.6 Å². The van der Waals surface area contributed by atoms with E-state index in [2.05, 4.69) is 5.32 Å². The Morgan fingerprint density at radius 2 is 2.04 bits per heavy atom. The summed E-state index contributed by atoms with van der Waals surface area (Å²) >= 11 is 11.9. The van der Waals surface area contributed by atoms with Crippen LogP contribution < -0.4 is 14.8 Å². The predicted octanol–water partition coefficient (Wildman–Crippen LogP) is 5.26. The third-order valence-electron chi connectivity index (χ3n) is 4.11. The Morgan fingerprint density at radius 3 is 2.68 bits per heavy atom. The number of nitriles is 1. The number of benzene rings is 2. The highest BCUT2D eigenvalue weighted by Crippen LogP contribution is 2.36. The lowest BCUT2D eigenvalue weighted by molar-refractivity contribution is -0.112. The Balaban J connectivity index is 1.92. The third-order valence-corrected chi connectivity index (χ3v) is 4.55. The molecule has 1 heterocycles. The van der Waals surface area contributed by atoms with Crippen molar-refractivity contribution in [3.8, 4) is 17.6 Å². The number of amides is 1. The number of carbonyl (C=O) groups is 1. The fourth-order valence-electron chi connectivity index (χ4n) is 2.98. The van der Waals surface area contributed by atoms with E-state index in [0.717, 1.165) is 17.7 Å². The van der Waals surface area contributed by atoms with E-state index < -0.39 is 5.91 Å². The highest BCUT2D eigenvalue weighted by atomic mass is 35.5. The molecule has 2 aromatic carbocycles. The molecule has 7 heteroatoms. The van der Waals surface area contributed by atoms with Gasteiger partial charge in [-0.3, -0.25) is 4.79 Å². The Kier molecular flexibility index (Phi) is 6.13. The molecule has 1 amide bonds. The molecule has 0 aliphatic carbocycles. The van der Waals surface area contributed by atoms with Crippen molar-refractivity contribution in [2.24, 2.45) is 0 Å². The van der Waals surface area contributed by atoms with Crippen LogP contribution in [0, 0.1) is 11.3 Å². The zero-order valence-corrected chi connectivity index (χ0v) is 16.9. The Labute approximate surface area is 173 Å². The van der Waals surface area contributed by atoms with E-state index in [9.17, 15) is 10.1 Å². The summed E-state index contributed by atoms with van der Waals surface area (Å²) in [5.74, 6) is 0.768. The van der Waals surface area contributed by atoms with Crippen LogP contribution in [0.1, 0.15) is 25.0 Å². The fourth-order valence-corrected chi connectivity index (χ4v) is 3.50. The number of hydrogen-bond donors (Lipinski definition) is 1. The number of hydrogen-bond acceptors (Lipinski definition) is 4. The molecule has 1 aliphatic rings. The number of ether oxygens (including phenoxy) is 2. The normalized spacial score (nSPS) is 15.4. The second kappa shape index (κ2) is 8.55. The van der Waals surface area contributed by atoms with Gasteiger partial charge in [0.25, 0.3) is 5.91 Å². The second-order valence-electron chi connectivity index (χ2n) is 6.35. The van der Waals surface area contributed by atoms with E-state index in [0.29, 0.717) is 33.7 Å². The van der Waals surface area contributed by atoms with Crippen LogP contribution >= 0.6 is 23.2 Å². The number of anilines is 1. The standard InChI is InChI=1S/C21H18Cl2N2O3/c1-3-27-19-6-13-4-12(2)28-20(13)7-14(19)5-15(11-24)21(26)25-18-9-16(22)8-17(23)10-18/h5-10,12H,3-4H2,1-2H3,(H,25,26)/b15-5+. The Hall–Kier alpha value is -2.68. The van der Waals surface area contributed by atoms with Gasteiger partial charge in [-0.15, -0.1) is 0 Å². The van der Waals surface area contributed by atoms with Crippen LogP contribution in [0.2, 0.25) is 10.0 Å². The molecule has 0 bridgehead atoms. The SMILES string of the molecule is CCOc1cc2c(cc1/C=C(\C#N)C(=O)Nc1cc(Cl)cc(Cl)c1)OC(C)C2. The molecular formula is C21H18Cl2N2O3. The van der Waals surface area contributed by atoms with E-state index in [1.54, 1.807) is 24.3 Å². The molecule has 0 saturated carbocycles. The van der Waals surface area contributed by atoms with Crippen molar-refractivity contribution in [2.45, 2.75) is 26.4 Å². The van der Waals surface area contributed by atoms with Crippen LogP contribution in [0.4, 0.5) is 5.69 Å². The average Bonchev–Trinajstić information content (AvgIpc) is 2.97. The summed E-state index contributed by atoms with van der Waals surface area (Å²) < 4.78 is 11.5. The minimum absolute atomic E-state index is 0.0787. The van der Waals surface area contributed by atoms with E-state index in [1.807, 2.05) is 26.0 Å². The number of fused-ring (bicyclic) bond motifs is 1. The second-order valence-corrected chi connectivity index (χ2v) is 7.22. The molecule has 1 unspecified atom stereocenters. The molecule has 5 nitrogen and oxygen atoms in total. The Bertz CT molecular complexity index is 976.